The number of hydrogen-bond donors (Lipinski definition) is 0. The molecule has 0 amide bonds. The highest BCUT2D eigenvalue weighted by atomic mass is 19.1. The summed E-state index contributed by atoms with van der Waals surface area (Å²) in [5.41, 5.74) is 1.07. The molecule has 1 nitrogen and oxygen atoms in total. The van der Waals surface area contributed by atoms with Gasteiger partial charge >= 0.3 is 0 Å². The van der Waals surface area contributed by atoms with E-state index in [1.54, 1.807) is 0 Å². The number of ether oxygens (including phenoxy) is 1. The van der Waals surface area contributed by atoms with Gasteiger partial charge in [-0.25, -0.2) is 4.39 Å². The van der Waals surface area contributed by atoms with Gasteiger partial charge in [-0.05, 0) is 86.8 Å². The van der Waals surface area contributed by atoms with Crippen LogP contribution in [-0.4, -0.2) is 6.10 Å². The van der Waals surface area contributed by atoms with Gasteiger partial charge in [-0.3, -0.25) is 0 Å². The molecule has 0 radical (unpaired) electrons. The van der Waals surface area contributed by atoms with Crippen LogP contribution in [0.1, 0.15) is 76.2 Å². The van der Waals surface area contributed by atoms with Crippen molar-refractivity contribution in [3.63, 3.8) is 0 Å². The second-order valence-electron chi connectivity index (χ2n) is 8.47. The third-order valence-electron chi connectivity index (χ3n) is 6.70. The molecule has 2 heteroatoms. The summed E-state index contributed by atoms with van der Waals surface area (Å²) in [5, 5.41) is 0. The van der Waals surface area contributed by atoms with Crippen LogP contribution in [-0.2, 0) is 11.3 Å². The Morgan fingerprint density at radius 2 is 1.54 bits per heavy atom. The van der Waals surface area contributed by atoms with Crippen molar-refractivity contribution in [3.8, 4) is 0 Å². The van der Waals surface area contributed by atoms with Gasteiger partial charge in [0, 0.05) is 0 Å². The van der Waals surface area contributed by atoms with Crippen LogP contribution in [0.15, 0.2) is 36.9 Å². The zero-order valence-electron chi connectivity index (χ0n) is 16.2. The molecule has 1 aromatic carbocycles. The third-order valence-corrected chi connectivity index (χ3v) is 6.70. The van der Waals surface area contributed by atoms with Gasteiger partial charge in [0.25, 0.3) is 0 Å². The summed E-state index contributed by atoms with van der Waals surface area (Å²) in [6.45, 7) is 4.45. The third kappa shape index (κ3) is 5.94. The summed E-state index contributed by atoms with van der Waals surface area (Å²) in [5.74, 6) is 2.68. The van der Waals surface area contributed by atoms with Crippen LogP contribution in [0.5, 0.6) is 0 Å². The predicted molar refractivity (Wildman–Crippen MR) is 106 cm³/mol. The summed E-state index contributed by atoms with van der Waals surface area (Å²) < 4.78 is 19.0. The van der Waals surface area contributed by atoms with Crippen LogP contribution in [0.4, 0.5) is 4.39 Å². The van der Waals surface area contributed by atoms with Crippen molar-refractivity contribution in [1.82, 2.24) is 0 Å². The Bertz CT molecular complexity index is 522. The van der Waals surface area contributed by atoms with E-state index < -0.39 is 0 Å². The van der Waals surface area contributed by atoms with E-state index in [2.05, 4.69) is 12.7 Å². The predicted octanol–water partition coefficient (Wildman–Crippen LogP) is 7.06. The Balaban J connectivity index is 1.32. The van der Waals surface area contributed by atoms with Crippen molar-refractivity contribution in [2.24, 2.45) is 17.8 Å². The molecule has 2 fully saturated rings. The maximum absolute atomic E-state index is 13.0. The number of unbranched alkanes of at least 4 members (excludes halogenated alkanes) is 1. The van der Waals surface area contributed by atoms with Crippen LogP contribution in [0, 0.1) is 23.6 Å². The smallest absolute Gasteiger partial charge is 0.123 e. The lowest BCUT2D eigenvalue weighted by Crippen LogP contribution is -2.28. The average Bonchev–Trinajstić information content (AvgIpc) is 2.69. The lowest BCUT2D eigenvalue weighted by Gasteiger charge is -2.37. The quantitative estimate of drug-likeness (QED) is 0.357. The minimum Gasteiger partial charge on any atom is -0.374 e. The van der Waals surface area contributed by atoms with Gasteiger partial charge in [0.1, 0.15) is 5.82 Å². The molecule has 3 rings (SSSR count). The molecule has 2 aliphatic carbocycles. The van der Waals surface area contributed by atoms with Crippen molar-refractivity contribution >= 4 is 0 Å². The molecule has 0 saturated heterocycles. The van der Waals surface area contributed by atoms with Gasteiger partial charge in [-0.2, -0.15) is 0 Å². The van der Waals surface area contributed by atoms with E-state index in [0.29, 0.717) is 12.7 Å². The molecule has 0 aromatic heterocycles. The van der Waals surface area contributed by atoms with E-state index in [1.165, 1.54) is 82.8 Å². The zero-order valence-corrected chi connectivity index (χ0v) is 16.2. The first-order valence-corrected chi connectivity index (χ1v) is 10.7. The summed E-state index contributed by atoms with van der Waals surface area (Å²) in [4.78, 5) is 0. The van der Waals surface area contributed by atoms with Gasteiger partial charge in [0.2, 0.25) is 0 Å². The number of benzene rings is 1. The molecule has 0 spiro atoms. The molecule has 26 heavy (non-hydrogen) atoms. The highest BCUT2D eigenvalue weighted by Crippen LogP contribution is 2.41. The van der Waals surface area contributed by atoms with E-state index in [-0.39, 0.29) is 5.82 Å². The molecule has 0 atom stereocenters. The summed E-state index contributed by atoms with van der Waals surface area (Å²) in [6, 6.07) is 6.69. The molecule has 0 unspecified atom stereocenters. The van der Waals surface area contributed by atoms with E-state index in [0.717, 1.165) is 23.3 Å². The van der Waals surface area contributed by atoms with Crippen molar-refractivity contribution in [3.05, 3.63) is 48.3 Å². The molecule has 2 aliphatic rings. The number of hydrogen-bond acceptors (Lipinski definition) is 1. The minimum absolute atomic E-state index is 0.176. The van der Waals surface area contributed by atoms with Crippen molar-refractivity contribution < 1.29 is 9.13 Å². The normalized spacial score (nSPS) is 29.4. The molecule has 0 heterocycles. The van der Waals surface area contributed by atoms with Crippen LogP contribution in [0.3, 0.4) is 0 Å². The van der Waals surface area contributed by atoms with E-state index >= 15 is 0 Å². The van der Waals surface area contributed by atoms with Crippen LogP contribution < -0.4 is 0 Å². The van der Waals surface area contributed by atoms with Crippen LogP contribution in [0.25, 0.3) is 0 Å². The average molecular weight is 359 g/mol. The number of rotatable bonds is 8. The summed E-state index contributed by atoms with van der Waals surface area (Å²) >= 11 is 0. The fourth-order valence-corrected chi connectivity index (χ4v) is 5.02. The highest BCUT2D eigenvalue weighted by Gasteiger charge is 2.30. The Hall–Kier alpha value is -1.15. The van der Waals surface area contributed by atoms with Crippen LogP contribution in [0.2, 0.25) is 0 Å². The first kappa shape index (κ1) is 19.6. The molecule has 0 bridgehead atoms. The first-order chi connectivity index (χ1) is 12.7. The topological polar surface area (TPSA) is 9.23 Å². The molecule has 0 N–H and O–H groups in total. The Morgan fingerprint density at radius 1 is 0.923 bits per heavy atom. The fraction of sp³-hybridized carbons (Fsp3) is 0.667. The summed E-state index contributed by atoms with van der Waals surface area (Å²) in [7, 11) is 0. The van der Waals surface area contributed by atoms with Crippen molar-refractivity contribution in [2.45, 2.75) is 83.3 Å². The molecule has 144 valence electrons. The van der Waals surface area contributed by atoms with Crippen molar-refractivity contribution in [2.75, 3.05) is 0 Å². The molecule has 1 aromatic rings. The minimum atomic E-state index is -0.176. The van der Waals surface area contributed by atoms with E-state index in [1.807, 2.05) is 12.1 Å². The SMILES string of the molecule is C=CCCCC1CCC(C2CCC(OCc3ccc(F)cc3)CC2)CC1. The maximum atomic E-state index is 13.0. The monoisotopic (exact) mass is 358 g/mol. The lowest BCUT2D eigenvalue weighted by molar-refractivity contribution is -0.00286. The maximum Gasteiger partial charge on any atom is 0.123 e. The van der Waals surface area contributed by atoms with Gasteiger partial charge < -0.3 is 4.74 Å². The number of halogens is 1. The summed E-state index contributed by atoms with van der Waals surface area (Å²) in [6.07, 6.45) is 17.2. The molecular weight excluding hydrogens is 323 g/mol. The van der Waals surface area contributed by atoms with E-state index in [9.17, 15) is 4.39 Å². The van der Waals surface area contributed by atoms with Gasteiger partial charge in [0.05, 0.1) is 12.7 Å². The number of allylic oxidation sites excluding steroid dienone is 1. The van der Waals surface area contributed by atoms with E-state index in [4.69, 9.17) is 4.74 Å². The molecule has 0 aliphatic heterocycles. The zero-order chi connectivity index (χ0) is 18.2. The molecule has 2 saturated carbocycles. The Kier molecular flexibility index (Phi) is 7.73. The Labute approximate surface area is 159 Å². The molecular formula is C24H35FO. The van der Waals surface area contributed by atoms with Gasteiger partial charge in [0.15, 0.2) is 0 Å². The second kappa shape index (κ2) is 10.3. The highest BCUT2D eigenvalue weighted by molar-refractivity contribution is 5.15. The van der Waals surface area contributed by atoms with Gasteiger partial charge in [-0.15, -0.1) is 6.58 Å². The van der Waals surface area contributed by atoms with Crippen LogP contribution >= 0.6 is 0 Å². The fourth-order valence-electron chi connectivity index (χ4n) is 5.02. The first-order valence-electron chi connectivity index (χ1n) is 10.7. The Morgan fingerprint density at radius 3 is 2.15 bits per heavy atom. The second-order valence-corrected chi connectivity index (χ2v) is 8.47. The van der Waals surface area contributed by atoms with Crippen molar-refractivity contribution in [1.29, 1.82) is 0 Å². The van der Waals surface area contributed by atoms with Gasteiger partial charge in [-0.1, -0.05) is 37.5 Å². The largest absolute Gasteiger partial charge is 0.374 e. The standard InChI is InChI=1S/C24H35FO/c1-2-3-4-5-19-6-10-21(11-7-19)22-12-16-24(17-13-22)26-18-20-8-14-23(25)15-9-20/h2,8-9,14-15,19,21-22,24H,1,3-7,10-13,16-18H2. The lowest BCUT2D eigenvalue weighted by atomic mass is 9.70.